The Hall–Kier alpha value is -0.320. The summed E-state index contributed by atoms with van der Waals surface area (Å²) in [7, 11) is 0. The predicted octanol–water partition coefficient (Wildman–Crippen LogP) is 2.80. The van der Waals surface area contributed by atoms with Crippen molar-refractivity contribution >= 4 is 23.2 Å². The van der Waals surface area contributed by atoms with E-state index in [9.17, 15) is 0 Å². The fraction of sp³-hybridized carbons (Fsp3) is 0.571. The lowest BCUT2D eigenvalue weighted by Crippen LogP contribution is -2.49. The summed E-state index contributed by atoms with van der Waals surface area (Å²) in [5, 5.41) is 4.80. The zero-order valence-corrected chi connectivity index (χ0v) is 12.7. The average Bonchev–Trinajstić information content (AvgIpc) is 2.41. The molecule has 1 atom stereocenters. The maximum atomic E-state index is 6.24. The van der Waals surface area contributed by atoms with Crippen LogP contribution in [-0.4, -0.2) is 43.8 Å². The summed E-state index contributed by atoms with van der Waals surface area (Å²) in [5.41, 5.74) is 1.12. The highest BCUT2D eigenvalue weighted by molar-refractivity contribution is 6.35. The fourth-order valence-corrected chi connectivity index (χ4v) is 2.73. The molecule has 3 nitrogen and oxygen atoms in total. The number of rotatable bonds is 5. The molecule has 0 aromatic heterocycles. The highest BCUT2D eigenvalue weighted by Crippen LogP contribution is 2.23. The predicted molar refractivity (Wildman–Crippen MR) is 80.0 cm³/mol. The Balaban J connectivity index is 2.02. The van der Waals surface area contributed by atoms with Crippen LogP contribution >= 0.6 is 23.2 Å². The zero-order valence-electron chi connectivity index (χ0n) is 11.2. The van der Waals surface area contributed by atoms with Crippen molar-refractivity contribution < 1.29 is 4.74 Å². The summed E-state index contributed by atoms with van der Waals surface area (Å²) in [6.07, 6.45) is 0. The molecule has 0 spiro atoms. The van der Waals surface area contributed by atoms with Gasteiger partial charge in [-0.3, -0.25) is 4.90 Å². The third-order valence-corrected chi connectivity index (χ3v) is 3.95. The van der Waals surface area contributed by atoms with Gasteiger partial charge in [-0.15, -0.1) is 0 Å². The van der Waals surface area contributed by atoms with E-state index in [1.165, 1.54) is 0 Å². The molecule has 1 aromatic rings. The van der Waals surface area contributed by atoms with Gasteiger partial charge in [0.2, 0.25) is 0 Å². The summed E-state index contributed by atoms with van der Waals surface area (Å²) >= 11 is 12.2. The largest absolute Gasteiger partial charge is 0.378 e. The molecule has 1 fully saturated rings. The van der Waals surface area contributed by atoms with Crippen molar-refractivity contribution in [2.75, 3.05) is 32.8 Å². The first-order valence-electron chi connectivity index (χ1n) is 6.67. The van der Waals surface area contributed by atoms with Gasteiger partial charge in [0.1, 0.15) is 0 Å². The molecule has 1 N–H and O–H groups in total. The lowest BCUT2D eigenvalue weighted by molar-refractivity contribution is -0.0107. The molecule has 1 aromatic carbocycles. The van der Waals surface area contributed by atoms with Crippen LogP contribution in [0.2, 0.25) is 10.0 Å². The van der Waals surface area contributed by atoms with Gasteiger partial charge in [-0.05, 0) is 24.2 Å². The maximum absolute atomic E-state index is 6.24. The van der Waals surface area contributed by atoms with Crippen molar-refractivity contribution in [1.29, 1.82) is 0 Å². The van der Waals surface area contributed by atoms with Gasteiger partial charge in [0, 0.05) is 35.7 Å². The summed E-state index contributed by atoms with van der Waals surface area (Å²) in [6.45, 7) is 7.38. The summed E-state index contributed by atoms with van der Waals surface area (Å²) in [4.78, 5) is 2.42. The molecule has 19 heavy (non-hydrogen) atoms. The smallest absolute Gasteiger partial charge is 0.0635 e. The summed E-state index contributed by atoms with van der Waals surface area (Å²) in [6, 6.07) is 6.10. The van der Waals surface area contributed by atoms with E-state index < -0.39 is 0 Å². The molecule has 106 valence electrons. The number of halogens is 2. The number of hydrogen-bond acceptors (Lipinski definition) is 3. The minimum absolute atomic E-state index is 0.403. The van der Waals surface area contributed by atoms with Crippen LogP contribution in [0.25, 0.3) is 0 Å². The minimum atomic E-state index is 0.403. The topological polar surface area (TPSA) is 24.5 Å². The number of morpholine rings is 1. The molecule has 0 radical (unpaired) electrons. The van der Waals surface area contributed by atoms with Crippen LogP contribution in [-0.2, 0) is 11.3 Å². The number of nitrogens with zero attached hydrogens (tertiary/aromatic N) is 1. The summed E-state index contributed by atoms with van der Waals surface area (Å²) in [5.74, 6) is 0. The van der Waals surface area contributed by atoms with Crippen LogP contribution in [0.4, 0.5) is 0 Å². The van der Waals surface area contributed by atoms with E-state index in [1.807, 2.05) is 12.1 Å². The SMILES string of the molecule is CCNCC1COCCN1Cc1ccc(Cl)cc1Cl. The minimum Gasteiger partial charge on any atom is -0.378 e. The van der Waals surface area contributed by atoms with E-state index in [4.69, 9.17) is 27.9 Å². The highest BCUT2D eigenvalue weighted by atomic mass is 35.5. The second kappa shape index (κ2) is 7.46. The molecule has 2 rings (SSSR count). The van der Waals surface area contributed by atoms with Gasteiger partial charge >= 0.3 is 0 Å². The third-order valence-electron chi connectivity index (χ3n) is 3.37. The Morgan fingerprint density at radius 1 is 1.42 bits per heavy atom. The fourth-order valence-electron chi connectivity index (χ4n) is 2.27. The Kier molecular flexibility index (Phi) is 5.92. The molecule has 1 aliphatic heterocycles. The second-order valence-corrected chi connectivity index (χ2v) is 5.59. The van der Waals surface area contributed by atoms with Crippen molar-refractivity contribution in [1.82, 2.24) is 10.2 Å². The number of benzene rings is 1. The molecular weight excluding hydrogens is 283 g/mol. The third kappa shape index (κ3) is 4.33. The van der Waals surface area contributed by atoms with Gasteiger partial charge in [0.15, 0.2) is 0 Å². The van der Waals surface area contributed by atoms with Crippen LogP contribution in [0, 0.1) is 0 Å². The molecule has 0 aliphatic carbocycles. The number of likely N-dealkylation sites (N-methyl/N-ethyl adjacent to an activating group) is 1. The first kappa shape index (κ1) is 15.1. The van der Waals surface area contributed by atoms with Crippen LogP contribution < -0.4 is 5.32 Å². The molecule has 1 unspecified atom stereocenters. The highest BCUT2D eigenvalue weighted by Gasteiger charge is 2.23. The van der Waals surface area contributed by atoms with Crippen molar-refractivity contribution in [3.8, 4) is 0 Å². The first-order chi connectivity index (χ1) is 9.20. The average molecular weight is 303 g/mol. The molecule has 1 saturated heterocycles. The Morgan fingerprint density at radius 3 is 3.00 bits per heavy atom. The van der Waals surface area contributed by atoms with Crippen LogP contribution in [0.5, 0.6) is 0 Å². The Bertz CT molecular complexity index is 414. The maximum Gasteiger partial charge on any atom is 0.0635 e. The van der Waals surface area contributed by atoms with E-state index >= 15 is 0 Å². The van der Waals surface area contributed by atoms with Crippen LogP contribution in [0.15, 0.2) is 18.2 Å². The number of ether oxygens (including phenoxy) is 1. The van der Waals surface area contributed by atoms with Crippen molar-refractivity contribution in [3.05, 3.63) is 33.8 Å². The van der Waals surface area contributed by atoms with Gasteiger partial charge in [-0.25, -0.2) is 0 Å². The van der Waals surface area contributed by atoms with Crippen LogP contribution in [0.3, 0.4) is 0 Å². The van der Waals surface area contributed by atoms with Crippen molar-refractivity contribution in [2.24, 2.45) is 0 Å². The molecule has 0 bridgehead atoms. The van der Waals surface area contributed by atoms with E-state index in [1.54, 1.807) is 6.07 Å². The number of hydrogen-bond donors (Lipinski definition) is 1. The van der Waals surface area contributed by atoms with Crippen molar-refractivity contribution in [2.45, 2.75) is 19.5 Å². The zero-order chi connectivity index (χ0) is 13.7. The number of nitrogens with one attached hydrogen (secondary N) is 1. The molecule has 5 heteroatoms. The van der Waals surface area contributed by atoms with Crippen LogP contribution in [0.1, 0.15) is 12.5 Å². The van der Waals surface area contributed by atoms with E-state index in [0.717, 1.165) is 50.0 Å². The normalized spacial score (nSPS) is 20.7. The molecule has 1 heterocycles. The standard InChI is InChI=1S/C14H20Cl2N2O/c1-2-17-8-13-10-19-6-5-18(13)9-11-3-4-12(15)7-14(11)16/h3-4,7,13,17H,2,5-6,8-10H2,1H3. The molecule has 1 aliphatic rings. The Morgan fingerprint density at radius 2 is 2.26 bits per heavy atom. The van der Waals surface area contributed by atoms with E-state index in [-0.39, 0.29) is 0 Å². The van der Waals surface area contributed by atoms with Gasteiger partial charge in [-0.2, -0.15) is 0 Å². The lowest BCUT2D eigenvalue weighted by Gasteiger charge is -2.35. The van der Waals surface area contributed by atoms with Gasteiger partial charge in [-0.1, -0.05) is 36.2 Å². The monoisotopic (exact) mass is 302 g/mol. The second-order valence-electron chi connectivity index (χ2n) is 4.74. The lowest BCUT2D eigenvalue weighted by atomic mass is 10.1. The Labute approximate surface area is 124 Å². The molecular formula is C14H20Cl2N2O. The van der Waals surface area contributed by atoms with E-state index in [2.05, 4.69) is 17.1 Å². The van der Waals surface area contributed by atoms with Gasteiger partial charge in [0.25, 0.3) is 0 Å². The van der Waals surface area contributed by atoms with Crippen molar-refractivity contribution in [3.63, 3.8) is 0 Å². The van der Waals surface area contributed by atoms with E-state index in [0.29, 0.717) is 11.1 Å². The summed E-state index contributed by atoms with van der Waals surface area (Å²) < 4.78 is 5.56. The quantitative estimate of drug-likeness (QED) is 0.905. The molecule has 0 amide bonds. The first-order valence-corrected chi connectivity index (χ1v) is 7.42. The van der Waals surface area contributed by atoms with Gasteiger partial charge < -0.3 is 10.1 Å². The molecule has 0 saturated carbocycles. The van der Waals surface area contributed by atoms with Gasteiger partial charge in [0.05, 0.1) is 13.2 Å².